The first-order chi connectivity index (χ1) is 10.6. The van der Waals surface area contributed by atoms with Crippen LogP contribution in [0.1, 0.15) is 23.7 Å². The number of hydrogen-bond donors (Lipinski definition) is 0. The molecule has 0 amide bonds. The van der Waals surface area contributed by atoms with Gasteiger partial charge in [0.15, 0.2) is 0 Å². The molecule has 0 spiro atoms. The van der Waals surface area contributed by atoms with Crippen LogP contribution in [0.3, 0.4) is 0 Å². The Bertz CT molecular complexity index is 768. The molecule has 3 rings (SSSR count). The molecule has 0 aliphatic rings. The van der Waals surface area contributed by atoms with Crippen molar-refractivity contribution >= 4 is 11.0 Å². The second-order valence-electron chi connectivity index (χ2n) is 5.78. The monoisotopic (exact) mass is 296 g/mol. The molecular weight excluding hydrogens is 276 g/mol. The van der Waals surface area contributed by atoms with Crippen molar-refractivity contribution in [2.24, 2.45) is 0 Å². The van der Waals surface area contributed by atoms with Crippen molar-refractivity contribution in [1.82, 2.24) is 20.2 Å². The Morgan fingerprint density at radius 1 is 1.18 bits per heavy atom. The number of hydrogen-bond acceptors (Lipinski definition) is 5. The molecule has 114 valence electrons. The van der Waals surface area contributed by atoms with Crippen LogP contribution in [0.25, 0.3) is 11.0 Å². The Morgan fingerprint density at radius 2 is 2.05 bits per heavy atom. The molecule has 2 heterocycles. The van der Waals surface area contributed by atoms with Crippen molar-refractivity contribution in [3.8, 4) is 0 Å². The molecule has 1 atom stereocenters. The van der Waals surface area contributed by atoms with Gasteiger partial charge in [-0.1, -0.05) is 18.2 Å². The van der Waals surface area contributed by atoms with E-state index < -0.39 is 0 Å². The number of rotatable bonds is 5. The molecule has 5 nitrogen and oxygen atoms in total. The summed E-state index contributed by atoms with van der Waals surface area (Å²) in [5, 5.41) is 7.90. The fraction of sp³-hybridized carbons (Fsp3) is 0.353. The summed E-state index contributed by atoms with van der Waals surface area (Å²) < 4.78 is 4.83. The normalized spacial score (nSPS) is 12.9. The van der Waals surface area contributed by atoms with Crippen LogP contribution in [-0.4, -0.2) is 33.3 Å². The molecule has 0 unspecified atom stereocenters. The van der Waals surface area contributed by atoms with Crippen molar-refractivity contribution in [3.63, 3.8) is 0 Å². The lowest BCUT2D eigenvalue weighted by atomic mass is 10.1. The van der Waals surface area contributed by atoms with Crippen molar-refractivity contribution in [2.45, 2.75) is 32.9 Å². The van der Waals surface area contributed by atoms with Crippen LogP contribution in [0.5, 0.6) is 0 Å². The summed E-state index contributed by atoms with van der Waals surface area (Å²) in [6, 6.07) is 10.4. The predicted octanol–water partition coefficient (Wildman–Crippen LogP) is 2.99. The average Bonchev–Trinajstić information content (AvgIpc) is 2.99. The highest BCUT2D eigenvalue weighted by Crippen LogP contribution is 2.18. The lowest BCUT2D eigenvalue weighted by Gasteiger charge is -2.25. The van der Waals surface area contributed by atoms with Crippen molar-refractivity contribution in [1.29, 1.82) is 0 Å². The molecule has 5 heteroatoms. The minimum atomic E-state index is 0.378. The fourth-order valence-electron chi connectivity index (χ4n) is 2.58. The predicted molar refractivity (Wildman–Crippen MR) is 85.4 cm³/mol. The van der Waals surface area contributed by atoms with Crippen LogP contribution in [-0.2, 0) is 13.0 Å². The number of aromatic nitrogens is 3. The molecule has 0 radical (unpaired) electrons. The third-order valence-electron chi connectivity index (χ3n) is 4.15. The number of fused-ring (bicyclic) bond motifs is 1. The summed E-state index contributed by atoms with van der Waals surface area (Å²) in [5.74, 6) is 0. The first kappa shape index (κ1) is 14.7. The molecule has 0 N–H and O–H groups in total. The topological polar surface area (TPSA) is 55.1 Å². The molecule has 0 aliphatic heterocycles. The van der Waals surface area contributed by atoms with Crippen molar-refractivity contribution in [3.05, 3.63) is 53.3 Å². The van der Waals surface area contributed by atoms with Gasteiger partial charge in [0.05, 0.1) is 0 Å². The van der Waals surface area contributed by atoms with E-state index >= 15 is 0 Å². The number of nitrogens with zero attached hydrogens (tertiary/aromatic N) is 4. The summed E-state index contributed by atoms with van der Waals surface area (Å²) in [6.07, 6.45) is 2.78. The Labute approximate surface area is 129 Å². The third kappa shape index (κ3) is 2.99. The van der Waals surface area contributed by atoms with Crippen LogP contribution in [0.15, 0.2) is 41.2 Å². The molecule has 2 aromatic heterocycles. The maximum atomic E-state index is 4.83. The number of likely N-dealkylation sites (N-methyl/N-ethyl adjacent to an activating group) is 1. The highest BCUT2D eigenvalue weighted by molar-refractivity contribution is 5.76. The van der Waals surface area contributed by atoms with E-state index in [1.807, 2.05) is 24.4 Å². The second-order valence-corrected chi connectivity index (χ2v) is 5.78. The van der Waals surface area contributed by atoms with Gasteiger partial charge in [-0.05, 0) is 54.5 Å². The van der Waals surface area contributed by atoms with E-state index in [1.165, 1.54) is 5.56 Å². The SMILES string of the molecule is Cc1cccnc1C[C@@H](C)N(C)Cc1cccc2nonc12. The third-order valence-corrected chi connectivity index (χ3v) is 4.15. The smallest absolute Gasteiger partial charge is 0.139 e. The van der Waals surface area contributed by atoms with Crippen LogP contribution < -0.4 is 0 Å². The Hall–Kier alpha value is -2.27. The average molecular weight is 296 g/mol. The van der Waals surface area contributed by atoms with Gasteiger partial charge in [0.1, 0.15) is 11.0 Å². The van der Waals surface area contributed by atoms with E-state index in [4.69, 9.17) is 4.63 Å². The molecule has 0 bridgehead atoms. The summed E-state index contributed by atoms with van der Waals surface area (Å²) in [5.41, 5.74) is 5.18. The summed E-state index contributed by atoms with van der Waals surface area (Å²) >= 11 is 0. The number of pyridine rings is 1. The van der Waals surface area contributed by atoms with Gasteiger partial charge in [0.2, 0.25) is 0 Å². The van der Waals surface area contributed by atoms with Crippen LogP contribution >= 0.6 is 0 Å². The molecule has 0 aliphatic carbocycles. The largest absolute Gasteiger partial charge is 0.299 e. The standard InChI is InChI=1S/C17H20N4O/c1-12-6-5-9-18-16(12)10-13(2)21(3)11-14-7-4-8-15-17(14)20-22-19-15/h4-9,13H,10-11H2,1-3H3/t13-/m1/s1. The van der Waals surface area contributed by atoms with E-state index in [-0.39, 0.29) is 0 Å². The minimum Gasteiger partial charge on any atom is -0.299 e. The van der Waals surface area contributed by atoms with Gasteiger partial charge >= 0.3 is 0 Å². The van der Waals surface area contributed by atoms with Gasteiger partial charge < -0.3 is 0 Å². The number of aryl methyl sites for hydroxylation is 1. The zero-order valence-corrected chi connectivity index (χ0v) is 13.2. The van der Waals surface area contributed by atoms with Crippen LogP contribution in [0.4, 0.5) is 0 Å². The highest BCUT2D eigenvalue weighted by Gasteiger charge is 2.15. The summed E-state index contributed by atoms with van der Waals surface area (Å²) in [7, 11) is 2.12. The van der Waals surface area contributed by atoms with Gasteiger partial charge in [0.25, 0.3) is 0 Å². The molecule has 0 fully saturated rings. The minimum absolute atomic E-state index is 0.378. The van der Waals surface area contributed by atoms with Gasteiger partial charge in [-0.25, -0.2) is 4.63 Å². The molecule has 0 saturated heterocycles. The fourth-order valence-corrected chi connectivity index (χ4v) is 2.58. The van der Waals surface area contributed by atoms with Gasteiger partial charge in [0, 0.05) is 30.9 Å². The van der Waals surface area contributed by atoms with Crippen LogP contribution in [0.2, 0.25) is 0 Å². The maximum absolute atomic E-state index is 4.83. The first-order valence-electron chi connectivity index (χ1n) is 7.46. The molecule has 3 aromatic rings. The lowest BCUT2D eigenvalue weighted by molar-refractivity contribution is 0.247. The molecule has 22 heavy (non-hydrogen) atoms. The molecule has 1 aromatic carbocycles. The maximum Gasteiger partial charge on any atom is 0.139 e. The Morgan fingerprint density at radius 3 is 2.86 bits per heavy atom. The first-order valence-corrected chi connectivity index (χ1v) is 7.46. The van der Waals surface area contributed by atoms with Crippen molar-refractivity contribution in [2.75, 3.05) is 7.05 Å². The Kier molecular flexibility index (Phi) is 4.15. The van der Waals surface area contributed by atoms with Gasteiger partial charge in [-0.3, -0.25) is 9.88 Å². The quantitative estimate of drug-likeness (QED) is 0.724. The Balaban J connectivity index is 1.72. The van der Waals surface area contributed by atoms with Gasteiger partial charge in [-0.15, -0.1) is 0 Å². The van der Waals surface area contributed by atoms with E-state index in [0.29, 0.717) is 6.04 Å². The molecular formula is C17H20N4O. The van der Waals surface area contributed by atoms with Crippen molar-refractivity contribution < 1.29 is 4.63 Å². The van der Waals surface area contributed by atoms with E-state index in [1.54, 1.807) is 0 Å². The van der Waals surface area contributed by atoms with E-state index in [0.717, 1.165) is 35.3 Å². The second kappa shape index (κ2) is 6.23. The molecule has 0 saturated carbocycles. The van der Waals surface area contributed by atoms with Gasteiger partial charge in [-0.2, -0.15) is 0 Å². The highest BCUT2D eigenvalue weighted by atomic mass is 16.6. The lowest BCUT2D eigenvalue weighted by Crippen LogP contribution is -2.31. The zero-order valence-electron chi connectivity index (χ0n) is 13.2. The zero-order chi connectivity index (χ0) is 15.5. The van der Waals surface area contributed by atoms with Crippen LogP contribution in [0, 0.1) is 6.92 Å². The van der Waals surface area contributed by atoms with E-state index in [9.17, 15) is 0 Å². The van der Waals surface area contributed by atoms with E-state index in [2.05, 4.69) is 53.2 Å². The summed E-state index contributed by atoms with van der Waals surface area (Å²) in [6.45, 7) is 5.13. The number of benzene rings is 1. The summed E-state index contributed by atoms with van der Waals surface area (Å²) in [4.78, 5) is 6.79.